The van der Waals surface area contributed by atoms with Gasteiger partial charge in [-0.25, -0.2) is 0 Å². The van der Waals surface area contributed by atoms with E-state index in [2.05, 4.69) is 23.1 Å². The van der Waals surface area contributed by atoms with Crippen molar-refractivity contribution in [1.82, 2.24) is 4.90 Å². The summed E-state index contributed by atoms with van der Waals surface area (Å²) in [5.41, 5.74) is 6.03. The van der Waals surface area contributed by atoms with Crippen molar-refractivity contribution in [2.24, 2.45) is 5.73 Å². The molecule has 2 heteroatoms. The van der Waals surface area contributed by atoms with Crippen molar-refractivity contribution in [2.75, 3.05) is 13.1 Å². The molecule has 1 heterocycles. The van der Waals surface area contributed by atoms with Gasteiger partial charge in [0.25, 0.3) is 0 Å². The minimum atomic E-state index is 0.197. The van der Waals surface area contributed by atoms with Gasteiger partial charge in [0.1, 0.15) is 0 Å². The second-order valence-electron chi connectivity index (χ2n) is 3.93. The number of nitrogens with two attached hydrogens (primary N) is 1. The molecule has 0 aromatic carbocycles. The molecule has 0 spiro atoms. The van der Waals surface area contributed by atoms with Crippen LogP contribution < -0.4 is 5.73 Å². The minimum Gasteiger partial charge on any atom is -0.323 e. The average molecular weight is 178 g/mol. The molecule has 1 fully saturated rings. The maximum Gasteiger partial charge on any atom is 0.0468 e. The van der Waals surface area contributed by atoms with Gasteiger partial charge in [0.05, 0.1) is 0 Å². The molecule has 1 saturated heterocycles. The first-order chi connectivity index (χ1) is 6.38. The molecule has 2 atom stereocenters. The van der Waals surface area contributed by atoms with Gasteiger partial charge >= 0.3 is 0 Å². The quantitative estimate of drug-likeness (QED) is 0.655. The van der Waals surface area contributed by atoms with E-state index >= 15 is 0 Å². The van der Waals surface area contributed by atoms with Crippen molar-refractivity contribution >= 4 is 0 Å². The molecule has 2 aliphatic rings. The summed E-state index contributed by atoms with van der Waals surface area (Å²) in [5.74, 6) is 0. The zero-order valence-corrected chi connectivity index (χ0v) is 8.02. The highest BCUT2D eigenvalue weighted by atomic mass is 15.2. The van der Waals surface area contributed by atoms with Crippen LogP contribution in [0.25, 0.3) is 0 Å². The van der Waals surface area contributed by atoms with Crippen molar-refractivity contribution in [2.45, 2.75) is 31.3 Å². The number of piperidine rings is 1. The van der Waals surface area contributed by atoms with Crippen molar-refractivity contribution in [3.63, 3.8) is 0 Å². The lowest BCUT2D eigenvalue weighted by Gasteiger charge is -2.36. The third-order valence-electron chi connectivity index (χ3n) is 2.96. The Morgan fingerprint density at radius 3 is 2.38 bits per heavy atom. The molecule has 2 N–H and O–H groups in total. The molecule has 0 bridgehead atoms. The first-order valence-electron chi connectivity index (χ1n) is 5.22. The van der Waals surface area contributed by atoms with Gasteiger partial charge in [-0.3, -0.25) is 4.90 Å². The zero-order chi connectivity index (χ0) is 9.10. The number of likely N-dealkylation sites (tertiary alicyclic amines) is 1. The van der Waals surface area contributed by atoms with E-state index in [0.29, 0.717) is 6.04 Å². The number of hydrogen-bond donors (Lipinski definition) is 1. The second-order valence-corrected chi connectivity index (χ2v) is 3.93. The van der Waals surface area contributed by atoms with Gasteiger partial charge in [0.2, 0.25) is 0 Å². The summed E-state index contributed by atoms with van der Waals surface area (Å²) in [5, 5.41) is 0. The van der Waals surface area contributed by atoms with Crippen molar-refractivity contribution in [3.8, 4) is 0 Å². The minimum absolute atomic E-state index is 0.197. The van der Waals surface area contributed by atoms with Crippen molar-refractivity contribution < 1.29 is 0 Å². The summed E-state index contributed by atoms with van der Waals surface area (Å²) in [6.07, 6.45) is 12.5. The average Bonchev–Trinajstić information content (AvgIpc) is 2.20. The Hall–Kier alpha value is -0.600. The van der Waals surface area contributed by atoms with Gasteiger partial charge in [-0.15, -0.1) is 0 Å². The Labute approximate surface area is 80.1 Å². The molecular formula is C11H18N2. The predicted molar refractivity (Wildman–Crippen MR) is 55.5 cm³/mol. The lowest BCUT2D eigenvalue weighted by molar-refractivity contribution is 0.180. The fraction of sp³-hybridized carbons (Fsp3) is 0.636. The van der Waals surface area contributed by atoms with E-state index in [0.717, 1.165) is 0 Å². The fourth-order valence-corrected chi connectivity index (χ4v) is 2.19. The molecule has 0 amide bonds. The Balaban J connectivity index is 1.98. The molecule has 0 aromatic heterocycles. The topological polar surface area (TPSA) is 29.3 Å². The molecule has 1 aliphatic carbocycles. The molecule has 1 aliphatic heterocycles. The third-order valence-corrected chi connectivity index (χ3v) is 2.96. The van der Waals surface area contributed by atoms with E-state index in [1.54, 1.807) is 0 Å². The Morgan fingerprint density at radius 2 is 1.69 bits per heavy atom. The maximum atomic E-state index is 6.03. The predicted octanol–water partition coefficient (Wildman–Crippen LogP) is 1.29. The van der Waals surface area contributed by atoms with Gasteiger partial charge in [-0.05, 0) is 25.9 Å². The van der Waals surface area contributed by atoms with Crippen molar-refractivity contribution in [1.29, 1.82) is 0 Å². The van der Waals surface area contributed by atoms with Crippen LogP contribution in [0, 0.1) is 0 Å². The zero-order valence-electron chi connectivity index (χ0n) is 8.02. The van der Waals surface area contributed by atoms with Crippen LogP contribution >= 0.6 is 0 Å². The number of nitrogens with zero attached hydrogens (tertiary/aromatic N) is 1. The van der Waals surface area contributed by atoms with E-state index in [1.807, 2.05) is 6.08 Å². The fourth-order valence-electron chi connectivity index (χ4n) is 2.19. The van der Waals surface area contributed by atoms with Crippen LogP contribution in [0.5, 0.6) is 0 Å². The highest BCUT2D eigenvalue weighted by Gasteiger charge is 2.23. The number of hydrogen-bond acceptors (Lipinski definition) is 2. The van der Waals surface area contributed by atoms with Crippen LogP contribution in [-0.4, -0.2) is 30.1 Å². The van der Waals surface area contributed by atoms with Crippen LogP contribution in [0.2, 0.25) is 0 Å². The van der Waals surface area contributed by atoms with Crippen LogP contribution in [-0.2, 0) is 0 Å². The summed E-state index contributed by atoms with van der Waals surface area (Å²) in [6, 6.07) is 0.647. The normalized spacial score (nSPS) is 35.2. The summed E-state index contributed by atoms with van der Waals surface area (Å²) < 4.78 is 0. The first-order valence-corrected chi connectivity index (χ1v) is 5.22. The van der Waals surface area contributed by atoms with Gasteiger partial charge in [0, 0.05) is 12.1 Å². The van der Waals surface area contributed by atoms with Crippen LogP contribution in [0.15, 0.2) is 24.3 Å². The van der Waals surface area contributed by atoms with E-state index in [-0.39, 0.29) is 6.04 Å². The molecule has 2 unspecified atom stereocenters. The van der Waals surface area contributed by atoms with Gasteiger partial charge < -0.3 is 5.73 Å². The number of rotatable bonds is 1. The van der Waals surface area contributed by atoms with Crippen LogP contribution in [0.3, 0.4) is 0 Å². The molecule has 0 radical (unpaired) electrons. The highest BCUT2D eigenvalue weighted by molar-refractivity contribution is 5.19. The van der Waals surface area contributed by atoms with E-state index in [1.165, 1.54) is 32.4 Å². The SMILES string of the molecule is NC1C=CC=CC1N1CCCCC1. The van der Waals surface area contributed by atoms with Crippen LogP contribution in [0.1, 0.15) is 19.3 Å². The Kier molecular flexibility index (Phi) is 2.81. The smallest absolute Gasteiger partial charge is 0.0468 e. The monoisotopic (exact) mass is 178 g/mol. The third kappa shape index (κ3) is 2.01. The molecule has 2 rings (SSSR count). The first kappa shape index (κ1) is 8.97. The standard InChI is InChI=1S/C11H18N2/c12-10-6-2-3-7-11(10)13-8-4-1-5-9-13/h2-3,6-7,10-11H,1,4-5,8-9,12H2. The number of allylic oxidation sites excluding steroid dienone is 2. The molecule has 0 aromatic rings. The molecule has 0 saturated carbocycles. The Bertz CT molecular complexity index is 214. The molecule has 13 heavy (non-hydrogen) atoms. The second kappa shape index (κ2) is 4.07. The van der Waals surface area contributed by atoms with Gasteiger partial charge in [-0.2, -0.15) is 0 Å². The summed E-state index contributed by atoms with van der Waals surface area (Å²) >= 11 is 0. The highest BCUT2D eigenvalue weighted by Crippen LogP contribution is 2.17. The van der Waals surface area contributed by atoms with Crippen LogP contribution in [0.4, 0.5) is 0 Å². The molecule has 2 nitrogen and oxygen atoms in total. The maximum absolute atomic E-state index is 6.03. The summed E-state index contributed by atoms with van der Waals surface area (Å²) in [6.45, 7) is 2.44. The summed E-state index contributed by atoms with van der Waals surface area (Å²) in [7, 11) is 0. The van der Waals surface area contributed by atoms with E-state index in [4.69, 9.17) is 5.73 Å². The van der Waals surface area contributed by atoms with E-state index in [9.17, 15) is 0 Å². The van der Waals surface area contributed by atoms with Crippen molar-refractivity contribution in [3.05, 3.63) is 24.3 Å². The summed E-state index contributed by atoms with van der Waals surface area (Å²) in [4.78, 5) is 2.51. The molecule has 72 valence electrons. The lowest BCUT2D eigenvalue weighted by atomic mass is 9.99. The van der Waals surface area contributed by atoms with Gasteiger partial charge in [-0.1, -0.05) is 30.7 Å². The lowest BCUT2D eigenvalue weighted by Crippen LogP contribution is -2.48. The Morgan fingerprint density at radius 1 is 1.00 bits per heavy atom. The largest absolute Gasteiger partial charge is 0.323 e. The van der Waals surface area contributed by atoms with Gasteiger partial charge in [0.15, 0.2) is 0 Å². The van der Waals surface area contributed by atoms with E-state index < -0.39 is 0 Å². The molecular weight excluding hydrogens is 160 g/mol.